The first-order valence-electron chi connectivity index (χ1n) is 7.41. The molecule has 0 spiro atoms. The molecule has 0 aromatic heterocycles. The van der Waals surface area contributed by atoms with Crippen molar-refractivity contribution in [1.29, 1.82) is 0 Å². The molecule has 0 aliphatic heterocycles. The lowest BCUT2D eigenvalue weighted by Gasteiger charge is -2.10. The van der Waals surface area contributed by atoms with Gasteiger partial charge >= 0.3 is 6.03 Å². The molecule has 0 saturated heterocycles. The molecule has 0 saturated carbocycles. The molecule has 0 bridgehead atoms. The fraction of sp³-hybridized carbons (Fsp3) is 0.158. The van der Waals surface area contributed by atoms with Gasteiger partial charge in [0.25, 0.3) is 0 Å². The van der Waals surface area contributed by atoms with Crippen LogP contribution in [-0.4, -0.2) is 12.2 Å². The second-order valence-corrected chi connectivity index (χ2v) is 5.51. The number of allylic oxidation sites excluding steroid dienone is 1. The van der Waals surface area contributed by atoms with Crippen molar-refractivity contribution in [3.05, 3.63) is 70.3 Å². The summed E-state index contributed by atoms with van der Waals surface area (Å²) in [5.41, 5.74) is 14.0. The molecule has 2 aromatic carbocycles. The highest BCUT2D eigenvalue weighted by Crippen LogP contribution is 2.23. The van der Waals surface area contributed by atoms with E-state index in [0.29, 0.717) is 0 Å². The Labute approximate surface area is 136 Å². The third kappa shape index (κ3) is 4.54. The molecule has 4 heteroatoms. The molecule has 2 amide bonds. The maximum absolute atomic E-state index is 10.8. The van der Waals surface area contributed by atoms with Gasteiger partial charge in [-0.25, -0.2) is 10.2 Å². The van der Waals surface area contributed by atoms with Gasteiger partial charge in [-0.1, -0.05) is 48.0 Å². The molecule has 2 aromatic rings. The summed E-state index contributed by atoms with van der Waals surface area (Å²) in [5, 5.41) is 3.90. The number of benzene rings is 2. The number of urea groups is 1. The molecule has 23 heavy (non-hydrogen) atoms. The van der Waals surface area contributed by atoms with Crippen molar-refractivity contribution >= 4 is 23.9 Å². The number of carbonyl (C=O) groups excluding carboxylic acids is 1. The third-order valence-corrected chi connectivity index (χ3v) is 3.52. The van der Waals surface area contributed by atoms with E-state index in [1.54, 1.807) is 6.21 Å². The van der Waals surface area contributed by atoms with E-state index in [0.717, 1.165) is 16.7 Å². The molecule has 4 nitrogen and oxygen atoms in total. The second-order valence-electron chi connectivity index (χ2n) is 5.51. The normalized spacial score (nSPS) is 11.7. The average molecular weight is 307 g/mol. The molecular weight excluding hydrogens is 286 g/mol. The van der Waals surface area contributed by atoms with Gasteiger partial charge in [0.1, 0.15) is 0 Å². The summed E-state index contributed by atoms with van der Waals surface area (Å²) in [7, 11) is 0. The van der Waals surface area contributed by atoms with E-state index in [2.05, 4.69) is 49.5 Å². The van der Waals surface area contributed by atoms with Crippen LogP contribution in [0.4, 0.5) is 4.79 Å². The first kappa shape index (κ1) is 16.5. The van der Waals surface area contributed by atoms with Gasteiger partial charge < -0.3 is 5.73 Å². The van der Waals surface area contributed by atoms with Gasteiger partial charge in [0.2, 0.25) is 0 Å². The van der Waals surface area contributed by atoms with Gasteiger partial charge in [0.05, 0.1) is 6.21 Å². The van der Waals surface area contributed by atoms with Gasteiger partial charge in [-0.05, 0) is 49.1 Å². The fourth-order valence-corrected chi connectivity index (χ4v) is 2.57. The minimum absolute atomic E-state index is 0.684. The summed E-state index contributed by atoms with van der Waals surface area (Å²) in [6, 6.07) is 13.5. The first-order chi connectivity index (χ1) is 11.0. The van der Waals surface area contributed by atoms with Crippen LogP contribution in [-0.2, 0) is 0 Å². The van der Waals surface area contributed by atoms with Crippen LogP contribution in [0, 0.1) is 20.8 Å². The predicted octanol–water partition coefficient (Wildman–Crippen LogP) is 3.81. The monoisotopic (exact) mass is 307 g/mol. The van der Waals surface area contributed by atoms with E-state index in [4.69, 9.17) is 5.73 Å². The number of primary amides is 1. The lowest BCUT2D eigenvalue weighted by molar-refractivity contribution is 0.249. The molecular formula is C19H21N3O. The average Bonchev–Trinajstić information content (AvgIpc) is 2.49. The molecule has 0 aliphatic rings. The molecule has 0 atom stereocenters. The zero-order valence-electron chi connectivity index (χ0n) is 13.6. The van der Waals surface area contributed by atoms with E-state index >= 15 is 0 Å². The lowest BCUT2D eigenvalue weighted by Crippen LogP contribution is -2.24. The maximum Gasteiger partial charge on any atom is 0.332 e. The van der Waals surface area contributed by atoms with Crippen LogP contribution in [0.3, 0.4) is 0 Å². The molecule has 0 heterocycles. The number of nitrogens with one attached hydrogen (secondary N) is 1. The highest BCUT2D eigenvalue weighted by molar-refractivity contribution is 6.16. The summed E-state index contributed by atoms with van der Waals surface area (Å²) < 4.78 is 0. The number of hydrogen-bond acceptors (Lipinski definition) is 2. The van der Waals surface area contributed by atoms with Gasteiger partial charge in [-0.3, -0.25) is 0 Å². The molecule has 3 N–H and O–H groups in total. The van der Waals surface area contributed by atoms with Crippen molar-refractivity contribution in [3.63, 3.8) is 0 Å². The van der Waals surface area contributed by atoms with Gasteiger partial charge in [-0.2, -0.15) is 5.10 Å². The Morgan fingerprint density at radius 1 is 1.09 bits per heavy atom. The van der Waals surface area contributed by atoms with Crippen molar-refractivity contribution in [2.24, 2.45) is 10.8 Å². The molecule has 0 aliphatic carbocycles. The van der Waals surface area contributed by atoms with Crippen molar-refractivity contribution in [2.45, 2.75) is 20.8 Å². The van der Waals surface area contributed by atoms with Gasteiger partial charge in [-0.15, -0.1) is 0 Å². The Morgan fingerprint density at radius 2 is 1.70 bits per heavy atom. The van der Waals surface area contributed by atoms with Crippen molar-refractivity contribution in [2.75, 3.05) is 0 Å². The van der Waals surface area contributed by atoms with Crippen LogP contribution >= 0.6 is 0 Å². The zero-order chi connectivity index (χ0) is 16.8. The van der Waals surface area contributed by atoms with Crippen LogP contribution in [0.15, 0.2) is 47.6 Å². The number of amides is 2. The van der Waals surface area contributed by atoms with Crippen molar-refractivity contribution < 1.29 is 4.79 Å². The number of nitrogens with zero attached hydrogens (tertiary/aromatic N) is 1. The first-order valence-corrected chi connectivity index (χ1v) is 7.41. The van der Waals surface area contributed by atoms with Crippen LogP contribution in [0.2, 0.25) is 0 Å². The van der Waals surface area contributed by atoms with E-state index in [-0.39, 0.29) is 0 Å². The van der Waals surface area contributed by atoms with E-state index in [9.17, 15) is 4.79 Å². The Kier molecular flexibility index (Phi) is 5.31. The Balaban J connectivity index is 2.49. The second kappa shape index (κ2) is 7.40. The molecule has 0 unspecified atom stereocenters. The minimum atomic E-state index is -0.684. The molecule has 2 rings (SSSR count). The van der Waals surface area contributed by atoms with Gasteiger partial charge in [0, 0.05) is 5.57 Å². The SMILES string of the molecule is Cc1cc(C)c(C=C(C=NNC(N)=O)c2ccccc2)c(C)c1. The number of nitrogens with two attached hydrogens (primary N) is 1. The number of carbonyl (C=O) groups is 1. The Bertz CT molecular complexity index is 738. The number of hydrogen-bond donors (Lipinski definition) is 2. The fourth-order valence-electron chi connectivity index (χ4n) is 2.57. The smallest absolute Gasteiger partial charge is 0.332 e. The summed E-state index contributed by atoms with van der Waals surface area (Å²) in [5.74, 6) is 0. The predicted molar refractivity (Wildman–Crippen MR) is 96.2 cm³/mol. The minimum Gasteiger partial charge on any atom is -0.350 e. The summed E-state index contributed by atoms with van der Waals surface area (Å²) in [6.07, 6.45) is 3.68. The standard InChI is InChI=1S/C19H21N3O/c1-13-9-14(2)18(15(3)10-13)11-17(12-21-22-19(20)23)16-7-5-4-6-8-16/h4-12H,1-3H3,(H3,20,22,23). The lowest BCUT2D eigenvalue weighted by atomic mass is 9.96. The Hall–Kier alpha value is -2.88. The largest absolute Gasteiger partial charge is 0.350 e. The van der Waals surface area contributed by atoms with Crippen LogP contribution in [0.1, 0.15) is 27.8 Å². The zero-order valence-corrected chi connectivity index (χ0v) is 13.6. The van der Waals surface area contributed by atoms with E-state index < -0.39 is 6.03 Å². The molecule has 0 fully saturated rings. The summed E-state index contributed by atoms with van der Waals surface area (Å²) >= 11 is 0. The molecule has 118 valence electrons. The van der Waals surface area contributed by atoms with Crippen molar-refractivity contribution in [1.82, 2.24) is 5.43 Å². The van der Waals surface area contributed by atoms with Crippen LogP contribution < -0.4 is 11.2 Å². The maximum atomic E-state index is 10.8. The number of hydrazone groups is 1. The quantitative estimate of drug-likeness (QED) is 0.503. The number of aryl methyl sites for hydroxylation is 3. The summed E-state index contributed by atoms with van der Waals surface area (Å²) in [6.45, 7) is 6.27. The van der Waals surface area contributed by atoms with E-state index in [1.165, 1.54) is 16.7 Å². The van der Waals surface area contributed by atoms with E-state index in [1.807, 2.05) is 30.3 Å². The highest BCUT2D eigenvalue weighted by Gasteiger charge is 2.05. The third-order valence-electron chi connectivity index (χ3n) is 3.52. The van der Waals surface area contributed by atoms with Crippen LogP contribution in [0.25, 0.3) is 11.6 Å². The summed E-state index contributed by atoms with van der Waals surface area (Å²) in [4.78, 5) is 10.8. The number of rotatable bonds is 4. The topological polar surface area (TPSA) is 67.5 Å². The highest BCUT2D eigenvalue weighted by atomic mass is 16.2. The van der Waals surface area contributed by atoms with Gasteiger partial charge in [0.15, 0.2) is 0 Å². The molecule has 0 radical (unpaired) electrons. The van der Waals surface area contributed by atoms with Crippen molar-refractivity contribution in [3.8, 4) is 0 Å². The Morgan fingerprint density at radius 3 is 2.26 bits per heavy atom. The van der Waals surface area contributed by atoms with Crippen LogP contribution in [0.5, 0.6) is 0 Å².